The molecule has 1 aromatic carbocycles. The highest BCUT2D eigenvalue weighted by Gasteiger charge is 2.22. The van der Waals surface area contributed by atoms with Gasteiger partial charge < -0.3 is 15.2 Å². The fraction of sp³-hybridized carbons (Fsp3) is 0.286. The monoisotopic (exact) mass is 275 g/mol. The van der Waals surface area contributed by atoms with E-state index in [1.165, 1.54) is 14.2 Å². The molecule has 0 saturated heterocycles. The molecule has 0 aliphatic carbocycles. The van der Waals surface area contributed by atoms with Crippen LogP contribution in [0.15, 0.2) is 30.6 Å². The summed E-state index contributed by atoms with van der Waals surface area (Å²) in [4.78, 5) is 12.5. The molecule has 1 aromatic heterocycles. The predicted molar refractivity (Wildman–Crippen MR) is 74.0 cm³/mol. The van der Waals surface area contributed by atoms with Gasteiger partial charge in [0, 0.05) is 18.8 Å². The van der Waals surface area contributed by atoms with Crippen LogP contribution in [0.2, 0.25) is 0 Å². The van der Waals surface area contributed by atoms with Gasteiger partial charge in [-0.05, 0) is 18.2 Å². The van der Waals surface area contributed by atoms with E-state index in [2.05, 4.69) is 5.10 Å². The van der Waals surface area contributed by atoms with Gasteiger partial charge in [-0.15, -0.1) is 0 Å². The largest absolute Gasteiger partial charge is 0.497 e. The van der Waals surface area contributed by atoms with Crippen LogP contribution >= 0.6 is 0 Å². The van der Waals surface area contributed by atoms with E-state index in [0.717, 1.165) is 0 Å². The molecule has 6 heteroatoms. The van der Waals surface area contributed by atoms with E-state index in [0.29, 0.717) is 22.6 Å². The molecule has 0 amide bonds. The van der Waals surface area contributed by atoms with Crippen molar-refractivity contribution in [1.29, 1.82) is 0 Å². The highest BCUT2D eigenvalue weighted by atomic mass is 16.5. The van der Waals surface area contributed by atoms with Crippen LogP contribution in [0.1, 0.15) is 22.0 Å². The van der Waals surface area contributed by atoms with E-state index in [1.807, 2.05) is 0 Å². The van der Waals surface area contributed by atoms with Crippen molar-refractivity contribution in [2.24, 2.45) is 12.8 Å². The lowest BCUT2D eigenvalue weighted by molar-refractivity contribution is 0.0958. The average Bonchev–Trinajstić information content (AvgIpc) is 2.91. The summed E-state index contributed by atoms with van der Waals surface area (Å²) >= 11 is 0. The van der Waals surface area contributed by atoms with Crippen molar-refractivity contribution in [3.63, 3.8) is 0 Å². The zero-order chi connectivity index (χ0) is 14.7. The molecule has 1 atom stereocenters. The molecule has 2 N–H and O–H groups in total. The summed E-state index contributed by atoms with van der Waals surface area (Å²) < 4.78 is 11.9. The number of hydrogen-bond acceptors (Lipinski definition) is 5. The van der Waals surface area contributed by atoms with Gasteiger partial charge in [-0.1, -0.05) is 0 Å². The van der Waals surface area contributed by atoms with Crippen molar-refractivity contribution in [2.45, 2.75) is 6.04 Å². The normalized spacial score (nSPS) is 12.0. The van der Waals surface area contributed by atoms with Crippen molar-refractivity contribution in [3.8, 4) is 11.5 Å². The van der Waals surface area contributed by atoms with Crippen LogP contribution < -0.4 is 15.2 Å². The molecule has 0 aliphatic heterocycles. The number of nitrogens with two attached hydrogens (primary N) is 1. The minimum Gasteiger partial charge on any atom is -0.497 e. The third-order valence-corrected chi connectivity index (χ3v) is 3.04. The number of ketones is 1. The minimum atomic E-state index is -0.787. The Balaban J connectivity index is 2.36. The Labute approximate surface area is 117 Å². The quantitative estimate of drug-likeness (QED) is 0.832. The summed E-state index contributed by atoms with van der Waals surface area (Å²) in [6.45, 7) is 0. The van der Waals surface area contributed by atoms with Crippen LogP contribution in [0.3, 0.4) is 0 Å². The maximum Gasteiger partial charge on any atom is 0.188 e. The number of ether oxygens (including phenoxy) is 2. The summed E-state index contributed by atoms with van der Waals surface area (Å²) in [7, 11) is 4.82. The number of carbonyl (C=O) groups is 1. The SMILES string of the molecule is COc1ccc(OC)c(C(=O)C(N)c2cnn(C)c2)c1. The van der Waals surface area contributed by atoms with E-state index < -0.39 is 6.04 Å². The van der Waals surface area contributed by atoms with Crippen LogP contribution in [0, 0.1) is 0 Å². The molecule has 20 heavy (non-hydrogen) atoms. The Hall–Kier alpha value is -2.34. The van der Waals surface area contributed by atoms with Crippen LogP contribution in [0.4, 0.5) is 0 Å². The number of carbonyl (C=O) groups excluding carboxylic acids is 1. The predicted octanol–water partition coefficient (Wildman–Crippen LogP) is 1.32. The van der Waals surface area contributed by atoms with Gasteiger partial charge in [0.2, 0.25) is 0 Å². The summed E-state index contributed by atoms with van der Waals surface area (Å²) in [5, 5.41) is 4.02. The van der Waals surface area contributed by atoms with Crippen molar-refractivity contribution in [2.75, 3.05) is 14.2 Å². The third-order valence-electron chi connectivity index (χ3n) is 3.04. The number of aryl methyl sites for hydroxylation is 1. The second-order valence-electron chi connectivity index (χ2n) is 4.36. The summed E-state index contributed by atoms with van der Waals surface area (Å²) in [6, 6.07) is 4.25. The zero-order valence-corrected chi connectivity index (χ0v) is 11.7. The summed E-state index contributed by atoms with van der Waals surface area (Å²) in [5.74, 6) is 0.802. The van der Waals surface area contributed by atoms with Crippen molar-refractivity contribution in [3.05, 3.63) is 41.7 Å². The molecule has 2 aromatic rings. The van der Waals surface area contributed by atoms with Crippen molar-refractivity contribution >= 4 is 5.78 Å². The van der Waals surface area contributed by atoms with Crippen LogP contribution in [-0.2, 0) is 7.05 Å². The van der Waals surface area contributed by atoms with Gasteiger partial charge in [-0.25, -0.2) is 0 Å². The van der Waals surface area contributed by atoms with Crippen LogP contribution in [0.5, 0.6) is 11.5 Å². The summed E-state index contributed by atoms with van der Waals surface area (Å²) in [5.41, 5.74) is 7.05. The average molecular weight is 275 g/mol. The van der Waals surface area contributed by atoms with E-state index in [9.17, 15) is 4.79 Å². The Kier molecular flexibility index (Phi) is 4.05. The topological polar surface area (TPSA) is 79.4 Å². The minimum absolute atomic E-state index is 0.242. The molecule has 6 nitrogen and oxygen atoms in total. The van der Waals surface area contributed by atoms with Gasteiger partial charge in [0.25, 0.3) is 0 Å². The van der Waals surface area contributed by atoms with Gasteiger partial charge in [0.05, 0.1) is 32.0 Å². The molecular formula is C14H17N3O3. The van der Waals surface area contributed by atoms with Crippen molar-refractivity contribution in [1.82, 2.24) is 9.78 Å². The van der Waals surface area contributed by atoms with Gasteiger partial charge >= 0.3 is 0 Å². The van der Waals surface area contributed by atoms with Crippen LogP contribution in [0.25, 0.3) is 0 Å². The van der Waals surface area contributed by atoms with Gasteiger partial charge in [0.15, 0.2) is 5.78 Å². The molecule has 0 saturated carbocycles. The maximum absolute atomic E-state index is 12.5. The first-order chi connectivity index (χ1) is 9.56. The standard InChI is InChI=1S/C14H17N3O3/c1-17-8-9(7-16-17)13(15)14(18)11-6-10(19-2)4-5-12(11)20-3/h4-8,13H,15H2,1-3H3. The van der Waals surface area contributed by atoms with E-state index >= 15 is 0 Å². The fourth-order valence-electron chi connectivity index (χ4n) is 1.93. The van der Waals surface area contributed by atoms with Gasteiger partial charge in [-0.3, -0.25) is 9.48 Å². The first-order valence-electron chi connectivity index (χ1n) is 6.07. The maximum atomic E-state index is 12.5. The molecule has 106 valence electrons. The second kappa shape index (κ2) is 5.75. The molecule has 0 aliphatic rings. The molecule has 1 unspecified atom stereocenters. The number of methoxy groups -OCH3 is 2. The number of rotatable bonds is 5. The number of Topliss-reactive ketones (excluding diaryl/α,β-unsaturated/α-hetero) is 1. The highest BCUT2D eigenvalue weighted by molar-refractivity contribution is 6.03. The molecule has 1 heterocycles. The number of nitrogens with zero attached hydrogens (tertiary/aromatic N) is 2. The lowest BCUT2D eigenvalue weighted by Crippen LogP contribution is -2.21. The molecule has 2 rings (SSSR count). The van der Waals surface area contributed by atoms with Crippen molar-refractivity contribution < 1.29 is 14.3 Å². The van der Waals surface area contributed by atoms with E-state index in [-0.39, 0.29) is 5.78 Å². The highest BCUT2D eigenvalue weighted by Crippen LogP contribution is 2.27. The first-order valence-corrected chi connectivity index (χ1v) is 6.07. The van der Waals surface area contributed by atoms with Crippen LogP contribution in [-0.4, -0.2) is 29.8 Å². The molecule has 0 spiro atoms. The second-order valence-corrected chi connectivity index (χ2v) is 4.36. The Bertz CT molecular complexity index is 622. The molecule has 0 fully saturated rings. The van der Waals surface area contributed by atoms with Gasteiger partial charge in [-0.2, -0.15) is 5.10 Å². The third kappa shape index (κ3) is 2.65. The molecular weight excluding hydrogens is 258 g/mol. The lowest BCUT2D eigenvalue weighted by Gasteiger charge is -2.13. The lowest BCUT2D eigenvalue weighted by atomic mass is 9.99. The number of benzene rings is 1. The zero-order valence-electron chi connectivity index (χ0n) is 11.7. The number of hydrogen-bond donors (Lipinski definition) is 1. The smallest absolute Gasteiger partial charge is 0.188 e. The first kappa shape index (κ1) is 14.1. The fourth-order valence-corrected chi connectivity index (χ4v) is 1.93. The summed E-state index contributed by atoms with van der Waals surface area (Å²) in [6.07, 6.45) is 3.30. The Morgan fingerprint density at radius 3 is 2.65 bits per heavy atom. The van der Waals surface area contributed by atoms with E-state index in [4.69, 9.17) is 15.2 Å². The van der Waals surface area contributed by atoms with Gasteiger partial charge in [0.1, 0.15) is 11.5 Å². The molecule has 0 bridgehead atoms. The molecule has 0 radical (unpaired) electrons. The Morgan fingerprint density at radius 2 is 2.10 bits per heavy atom. The van der Waals surface area contributed by atoms with E-state index in [1.54, 1.807) is 42.3 Å². The Morgan fingerprint density at radius 1 is 1.35 bits per heavy atom. The number of aromatic nitrogens is 2.